The van der Waals surface area contributed by atoms with Gasteiger partial charge in [0.05, 0.1) is 0 Å². The van der Waals surface area contributed by atoms with Gasteiger partial charge in [0.2, 0.25) is 0 Å². The van der Waals surface area contributed by atoms with Gasteiger partial charge in [0, 0.05) is 25.2 Å². The SMILES string of the molecule is CCN(CC)CCCC(C)NC(=NC)NCC1(N2CCCCC2)CCN(C)CC1.I. The molecule has 7 heteroatoms. The Labute approximate surface area is 203 Å². The molecule has 2 N–H and O–H groups in total. The molecule has 6 nitrogen and oxygen atoms in total. The molecule has 30 heavy (non-hydrogen) atoms. The predicted octanol–water partition coefficient (Wildman–Crippen LogP) is 3.23. The Morgan fingerprint density at radius 2 is 1.70 bits per heavy atom. The van der Waals surface area contributed by atoms with E-state index in [1.165, 1.54) is 77.7 Å². The highest BCUT2D eigenvalue weighted by molar-refractivity contribution is 14.0. The molecule has 0 bridgehead atoms. The summed E-state index contributed by atoms with van der Waals surface area (Å²) in [6, 6.07) is 0.445. The van der Waals surface area contributed by atoms with Crippen molar-refractivity contribution < 1.29 is 0 Å². The van der Waals surface area contributed by atoms with Crippen molar-refractivity contribution in [3.63, 3.8) is 0 Å². The van der Waals surface area contributed by atoms with Gasteiger partial charge in [-0.3, -0.25) is 9.89 Å². The summed E-state index contributed by atoms with van der Waals surface area (Å²) in [4.78, 5) is 12.3. The molecule has 0 aromatic carbocycles. The summed E-state index contributed by atoms with van der Waals surface area (Å²) in [5.74, 6) is 0.968. The van der Waals surface area contributed by atoms with Gasteiger partial charge in [-0.1, -0.05) is 20.3 Å². The summed E-state index contributed by atoms with van der Waals surface area (Å²) in [5, 5.41) is 7.35. The van der Waals surface area contributed by atoms with Crippen LogP contribution in [0.2, 0.25) is 0 Å². The molecule has 1 unspecified atom stereocenters. The Morgan fingerprint density at radius 3 is 2.27 bits per heavy atom. The molecule has 0 amide bonds. The van der Waals surface area contributed by atoms with E-state index in [-0.39, 0.29) is 29.5 Å². The van der Waals surface area contributed by atoms with Crippen molar-refractivity contribution in [1.29, 1.82) is 0 Å². The van der Waals surface area contributed by atoms with Crippen LogP contribution in [-0.4, -0.2) is 98.7 Å². The number of rotatable bonds is 10. The van der Waals surface area contributed by atoms with Gasteiger partial charge in [-0.15, -0.1) is 24.0 Å². The Hall–Kier alpha value is -0.120. The smallest absolute Gasteiger partial charge is 0.191 e. The van der Waals surface area contributed by atoms with Crippen LogP contribution in [0.15, 0.2) is 4.99 Å². The first-order valence-electron chi connectivity index (χ1n) is 12.2. The molecule has 0 saturated carbocycles. The third-order valence-corrected chi connectivity index (χ3v) is 7.14. The number of nitrogens with one attached hydrogen (secondary N) is 2. The fourth-order valence-electron chi connectivity index (χ4n) is 4.92. The second-order valence-electron chi connectivity index (χ2n) is 9.22. The predicted molar refractivity (Wildman–Crippen MR) is 141 cm³/mol. The van der Waals surface area contributed by atoms with Crippen LogP contribution in [0.3, 0.4) is 0 Å². The van der Waals surface area contributed by atoms with E-state index in [0.29, 0.717) is 6.04 Å². The summed E-state index contributed by atoms with van der Waals surface area (Å²) in [6.07, 6.45) is 9.03. The number of aliphatic imine (C=N–C) groups is 1. The van der Waals surface area contributed by atoms with Gasteiger partial charge in [0.1, 0.15) is 0 Å². The lowest BCUT2D eigenvalue weighted by Gasteiger charge is -2.50. The molecule has 2 aliphatic rings. The standard InChI is InChI=1S/C23H48N6.HI/c1-6-28(7-2)15-11-12-21(3)26-22(24-4)25-20-23(13-18-27(5)19-14-23)29-16-9-8-10-17-29;/h21H,6-20H2,1-5H3,(H2,24,25,26);1H. The summed E-state index contributed by atoms with van der Waals surface area (Å²) in [5.41, 5.74) is 0.288. The van der Waals surface area contributed by atoms with Gasteiger partial charge in [-0.05, 0) is 98.3 Å². The van der Waals surface area contributed by atoms with E-state index in [2.05, 4.69) is 58.1 Å². The fraction of sp³-hybridized carbons (Fsp3) is 0.957. The van der Waals surface area contributed by atoms with E-state index in [1.54, 1.807) is 0 Å². The third kappa shape index (κ3) is 8.79. The molecule has 2 aliphatic heterocycles. The number of nitrogens with zero attached hydrogens (tertiary/aromatic N) is 4. The molecule has 2 rings (SSSR count). The van der Waals surface area contributed by atoms with Gasteiger partial charge in [0.15, 0.2) is 5.96 Å². The Bertz CT molecular complexity index is 468. The van der Waals surface area contributed by atoms with Crippen molar-refractivity contribution in [2.24, 2.45) is 4.99 Å². The van der Waals surface area contributed by atoms with Crippen LogP contribution >= 0.6 is 24.0 Å². The Morgan fingerprint density at radius 1 is 1.07 bits per heavy atom. The van der Waals surface area contributed by atoms with Crippen LogP contribution in [0.25, 0.3) is 0 Å². The molecular formula is C23H49IN6. The van der Waals surface area contributed by atoms with Crippen LogP contribution < -0.4 is 10.6 Å². The normalized spacial score (nSPS) is 21.9. The van der Waals surface area contributed by atoms with E-state index in [0.717, 1.165) is 25.6 Å². The number of likely N-dealkylation sites (tertiary alicyclic amines) is 2. The fourth-order valence-corrected chi connectivity index (χ4v) is 4.92. The molecule has 0 aliphatic carbocycles. The van der Waals surface area contributed by atoms with E-state index in [1.807, 2.05) is 7.05 Å². The van der Waals surface area contributed by atoms with Gasteiger partial charge in [-0.2, -0.15) is 0 Å². The van der Waals surface area contributed by atoms with E-state index in [4.69, 9.17) is 0 Å². The molecule has 178 valence electrons. The molecular weight excluding hydrogens is 487 g/mol. The molecule has 2 saturated heterocycles. The number of hydrogen-bond acceptors (Lipinski definition) is 4. The highest BCUT2D eigenvalue weighted by Crippen LogP contribution is 2.30. The van der Waals surface area contributed by atoms with E-state index in [9.17, 15) is 0 Å². The van der Waals surface area contributed by atoms with Crippen molar-refractivity contribution in [2.45, 2.75) is 77.3 Å². The quantitative estimate of drug-likeness (QED) is 0.255. The number of hydrogen-bond donors (Lipinski definition) is 2. The van der Waals surface area contributed by atoms with Crippen molar-refractivity contribution in [3.05, 3.63) is 0 Å². The largest absolute Gasteiger partial charge is 0.355 e. The highest BCUT2D eigenvalue weighted by atomic mass is 127. The number of guanidine groups is 1. The lowest BCUT2D eigenvalue weighted by Crippen LogP contribution is -2.62. The summed E-state index contributed by atoms with van der Waals surface area (Å²) >= 11 is 0. The summed E-state index contributed by atoms with van der Waals surface area (Å²) in [6.45, 7) is 16.2. The first-order chi connectivity index (χ1) is 14.0. The van der Waals surface area contributed by atoms with Crippen LogP contribution in [0.5, 0.6) is 0 Å². The molecule has 0 radical (unpaired) electrons. The van der Waals surface area contributed by atoms with Crippen molar-refractivity contribution in [1.82, 2.24) is 25.3 Å². The van der Waals surface area contributed by atoms with Crippen molar-refractivity contribution in [3.8, 4) is 0 Å². The van der Waals surface area contributed by atoms with Crippen LogP contribution in [0.1, 0.15) is 65.7 Å². The minimum atomic E-state index is 0. The zero-order chi connectivity index (χ0) is 21.1. The van der Waals surface area contributed by atoms with E-state index >= 15 is 0 Å². The monoisotopic (exact) mass is 536 g/mol. The average Bonchev–Trinajstić information content (AvgIpc) is 2.76. The lowest BCUT2D eigenvalue weighted by atomic mass is 9.84. The molecule has 0 aromatic heterocycles. The lowest BCUT2D eigenvalue weighted by molar-refractivity contribution is 0.0173. The zero-order valence-electron chi connectivity index (χ0n) is 20.4. The first kappa shape index (κ1) is 27.9. The minimum Gasteiger partial charge on any atom is -0.355 e. The molecule has 2 heterocycles. The van der Waals surface area contributed by atoms with Crippen LogP contribution in [0.4, 0.5) is 0 Å². The van der Waals surface area contributed by atoms with Gasteiger partial charge in [-0.25, -0.2) is 0 Å². The molecule has 2 fully saturated rings. The third-order valence-electron chi connectivity index (χ3n) is 7.14. The molecule has 0 spiro atoms. The maximum atomic E-state index is 4.53. The van der Waals surface area contributed by atoms with Crippen LogP contribution in [-0.2, 0) is 0 Å². The Kier molecular flexibility index (Phi) is 13.8. The minimum absolute atomic E-state index is 0. The second-order valence-corrected chi connectivity index (χ2v) is 9.22. The summed E-state index contributed by atoms with van der Waals surface area (Å²) in [7, 11) is 4.16. The summed E-state index contributed by atoms with van der Waals surface area (Å²) < 4.78 is 0. The van der Waals surface area contributed by atoms with Gasteiger partial charge >= 0.3 is 0 Å². The van der Waals surface area contributed by atoms with Crippen LogP contribution in [0, 0.1) is 0 Å². The van der Waals surface area contributed by atoms with Gasteiger partial charge in [0.25, 0.3) is 0 Å². The first-order valence-corrected chi connectivity index (χ1v) is 12.2. The van der Waals surface area contributed by atoms with Gasteiger partial charge < -0.3 is 20.4 Å². The maximum Gasteiger partial charge on any atom is 0.191 e. The topological polar surface area (TPSA) is 46.1 Å². The highest BCUT2D eigenvalue weighted by Gasteiger charge is 2.39. The zero-order valence-corrected chi connectivity index (χ0v) is 22.7. The van der Waals surface area contributed by atoms with Crippen molar-refractivity contribution in [2.75, 3.05) is 66.5 Å². The second kappa shape index (κ2) is 14.9. The maximum absolute atomic E-state index is 4.53. The molecule has 1 atom stereocenters. The number of piperidine rings is 2. The average molecular weight is 537 g/mol. The Balaban J connectivity index is 0.00000450. The number of halogens is 1. The molecule has 0 aromatic rings. The van der Waals surface area contributed by atoms with E-state index < -0.39 is 0 Å². The van der Waals surface area contributed by atoms with Crippen molar-refractivity contribution >= 4 is 29.9 Å².